The summed E-state index contributed by atoms with van der Waals surface area (Å²) in [7, 11) is 0. The van der Waals surface area contributed by atoms with Crippen LogP contribution in [-0.2, 0) is 12.8 Å². The fraction of sp³-hybridized carbons (Fsp3) is 0.500. The number of nitrogens with two attached hydrogens (primary N) is 1. The Kier molecular flexibility index (Phi) is 7.19. The summed E-state index contributed by atoms with van der Waals surface area (Å²) in [6.45, 7) is 7.36. The Labute approximate surface area is 199 Å². The zero-order chi connectivity index (χ0) is 24.4. The first-order chi connectivity index (χ1) is 16.2. The van der Waals surface area contributed by atoms with Gasteiger partial charge in [0.2, 0.25) is 5.91 Å². The number of nitrogens with zero attached hydrogens (tertiary/aromatic N) is 2. The normalized spacial score (nSPS) is 21.0. The Morgan fingerprint density at radius 1 is 1.12 bits per heavy atom. The van der Waals surface area contributed by atoms with Gasteiger partial charge in [-0.2, -0.15) is 0 Å². The number of aryl methyl sites for hydroxylation is 2. The van der Waals surface area contributed by atoms with Crippen LogP contribution >= 0.6 is 0 Å². The molecule has 0 saturated carbocycles. The molecular weight excluding hydrogens is 432 g/mol. The molecule has 0 spiro atoms. The van der Waals surface area contributed by atoms with Crippen molar-refractivity contribution in [3.8, 4) is 0 Å². The fourth-order valence-electron chi connectivity index (χ4n) is 5.54. The number of nitrogens with one attached hydrogen (secondary N) is 1. The largest absolute Gasteiger partial charge is 0.393 e. The molecule has 8 heteroatoms. The Morgan fingerprint density at radius 3 is 2.35 bits per heavy atom. The number of hydrogen-bond donors (Lipinski definition) is 3. The number of aromatic nitrogens is 1. The van der Waals surface area contributed by atoms with Gasteiger partial charge in [0.15, 0.2) is 0 Å². The Bertz CT molecular complexity index is 1100. The van der Waals surface area contributed by atoms with Crippen LogP contribution in [0.15, 0.2) is 35.1 Å². The van der Waals surface area contributed by atoms with Gasteiger partial charge in [-0.05, 0) is 50.6 Å². The molecule has 0 bridgehead atoms. The van der Waals surface area contributed by atoms with Crippen LogP contribution in [0.2, 0.25) is 0 Å². The van der Waals surface area contributed by atoms with Crippen LogP contribution in [0.5, 0.6) is 0 Å². The highest BCUT2D eigenvalue weighted by molar-refractivity contribution is 6.08. The predicted molar refractivity (Wildman–Crippen MR) is 130 cm³/mol. The Morgan fingerprint density at radius 2 is 1.76 bits per heavy atom. The molecule has 8 nitrogen and oxygen atoms in total. The lowest BCUT2D eigenvalue weighted by atomic mass is 9.96. The average molecular weight is 467 g/mol. The van der Waals surface area contributed by atoms with Crippen molar-refractivity contribution in [2.24, 2.45) is 17.6 Å². The summed E-state index contributed by atoms with van der Waals surface area (Å²) < 4.78 is 0. The van der Waals surface area contributed by atoms with Crippen LogP contribution in [0, 0.1) is 18.8 Å². The molecule has 4 N–H and O–H groups in total. The van der Waals surface area contributed by atoms with E-state index in [0.29, 0.717) is 30.6 Å². The topological polar surface area (TPSA) is 120 Å². The molecule has 2 saturated heterocycles. The van der Waals surface area contributed by atoms with E-state index in [-0.39, 0.29) is 29.0 Å². The lowest BCUT2D eigenvalue weighted by molar-refractivity contribution is 0.0766. The number of pyridine rings is 1. The van der Waals surface area contributed by atoms with E-state index < -0.39 is 17.6 Å². The highest BCUT2D eigenvalue weighted by atomic mass is 16.3. The van der Waals surface area contributed by atoms with Crippen LogP contribution in [-0.4, -0.2) is 70.5 Å². The van der Waals surface area contributed by atoms with Crippen molar-refractivity contribution in [3.63, 3.8) is 0 Å². The lowest BCUT2D eigenvalue weighted by Gasteiger charge is -2.23. The molecule has 2 unspecified atom stereocenters. The van der Waals surface area contributed by atoms with E-state index in [2.05, 4.69) is 34.1 Å². The second-order valence-corrected chi connectivity index (χ2v) is 9.80. The second-order valence-electron chi connectivity index (χ2n) is 9.80. The maximum atomic E-state index is 13.5. The number of rotatable bonds is 8. The van der Waals surface area contributed by atoms with E-state index >= 15 is 0 Å². The van der Waals surface area contributed by atoms with Crippen molar-refractivity contribution in [1.82, 2.24) is 14.8 Å². The summed E-state index contributed by atoms with van der Waals surface area (Å²) >= 11 is 0. The second kappa shape index (κ2) is 10.1. The number of primary amides is 1. The van der Waals surface area contributed by atoms with E-state index in [1.54, 1.807) is 11.8 Å². The average Bonchev–Trinajstić information content (AvgIpc) is 3.34. The molecule has 2 aliphatic rings. The van der Waals surface area contributed by atoms with E-state index in [9.17, 15) is 19.5 Å². The van der Waals surface area contributed by atoms with Gasteiger partial charge < -0.3 is 25.6 Å². The van der Waals surface area contributed by atoms with Crippen molar-refractivity contribution >= 4 is 11.8 Å². The molecule has 4 rings (SSSR count). The van der Waals surface area contributed by atoms with E-state index in [1.165, 1.54) is 12.5 Å². The third kappa shape index (κ3) is 5.08. The molecule has 1 aromatic carbocycles. The first-order valence-corrected chi connectivity index (χ1v) is 12.0. The minimum Gasteiger partial charge on any atom is -0.393 e. The number of H-pyrrole nitrogens is 1. The third-order valence-electron chi connectivity index (χ3n) is 7.09. The quantitative estimate of drug-likeness (QED) is 0.542. The molecular formula is C26H34N4O4. The van der Waals surface area contributed by atoms with E-state index in [1.807, 2.05) is 6.07 Å². The SMILES string of the molecule is Cc1[nH]c(=O)c(C[C@H](C)O)c(C(N)=O)c1C(=O)N1CC2CN(CCCc3ccccc3)CC2C1. The number of amides is 2. The number of aliphatic hydroxyl groups excluding tert-OH is 1. The number of benzene rings is 1. The molecule has 1 aromatic heterocycles. The summed E-state index contributed by atoms with van der Waals surface area (Å²) in [6.07, 6.45) is 1.28. The zero-order valence-electron chi connectivity index (χ0n) is 19.9. The van der Waals surface area contributed by atoms with Crippen molar-refractivity contribution in [3.05, 3.63) is 68.6 Å². The van der Waals surface area contributed by atoms with Crippen LogP contribution in [0.4, 0.5) is 0 Å². The Hall–Kier alpha value is -2.97. The number of hydrogen-bond acceptors (Lipinski definition) is 5. The maximum Gasteiger partial charge on any atom is 0.256 e. The summed E-state index contributed by atoms with van der Waals surface area (Å²) in [5, 5.41) is 9.80. The van der Waals surface area contributed by atoms with Crippen LogP contribution in [0.1, 0.15) is 50.9 Å². The first kappa shape index (κ1) is 24.2. The third-order valence-corrected chi connectivity index (χ3v) is 7.09. The zero-order valence-corrected chi connectivity index (χ0v) is 19.9. The number of aliphatic hydroxyl groups is 1. The number of fused-ring (bicyclic) bond motifs is 1. The minimum absolute atomic E-state index is 0.0443. The molecule has 34 heavy (non-hydrogen) atoms. The first-order valence-electron chi connectivity index (χ1n) is 12.0. The molecule has 0 radical (unpaired) electrons. The van der Waals surface area contributed by atoms with E-state index in [0.717, 1.165) is 32.5 Å². The summed E-state index contributed by atoms with van der Waals surface area (Å²) in [5.74, 6) is -0.299. The molecule has 3 heterocycles. The van der Waals surface area contributed by atoms with Crippen molar-refractivity contribution in [2.75, 3.05) is 32.7 Å². The minimum atomic E-state index is -0.844. The van der Waals surface area contributed by atoms with Crippen molar-refractivity contribution in [1.29, 1.82) is 0 Å². The van der Waals surface area contributed by atoms with Gasteiger partial charge in [-0.25, -0.2) is 0 Å². The van der Waals surface area contributed by atoms with Crippen LogP contribution < -0.4 is 11.3 Å². The van der Waals surface area contributed by atoms with Gasteiger partial charge in [0, 0.05) is 43.9 Å². The van der Waals surface area contributed by atoms with Gasteiger partial charge in [0.25, 0.3) is 11.5 Å². The van der Waals surface area contributed by atoms with Crippen LogP contribution in [0.25, 0.3) is 0 Å². The Balaban J connectivity index is 1.42. The summed E-state index contributed by atoms with van der Waals surface area (Å²) in [5.41, 5.74) is 6.97. The van der Waals surface area contributed by atoms with Gasteiger partial charge in [-0.15, -0.1) is 0 Å². The summed E-state index contributed by atoms with van der Waals surface area (Å²) in [4.78, 5) is 45.2. The molecule has 182 valence electrons. The maximum absolute atomic E-state index is 13.5. The van der Waals surface area contributed by atoms with Crippen molar-refractivity contribution < 1.29 is 14.7 Å². The standard InChI is InChI=1S/C26H34N4O4/c1-16(31)11-21-23(24(27)32)22(17(2)28-25(21)33)26(34)30-14-19-12-29(13-20(19)15-30)10-6-9-18-7-4-3-5-8-18/h3-5,7-8,16,19-20,31H,6,9-15H2,1-2H3,(H2,27,32)(H,28,33)/t16-,19?,20?/m0/s1. The lowest BCUT2D eigenvalue weighted by Crippen LogP contribution is -2.37. The smallest absolute Gasteiger partial charge is 0.256 e. The van der Waals surface area contributed by atoms with Gasteiger partial charge in [0.1, 0.15) is 0 Å². The number of carbonyl (C=O) groups excluding carboxylic acids is 2. The molecule has 0 aliphatic carbocycles. The fourth-order valence-corrected chi connectivity index (χ4v) is 5.54. The van der Waals surface area contributed by atoms with Gasteiger partial charge in [0.05, 0.1) is 17.2 Å². The van der Waals surface area contributed by atoms with Crippen LogP contribution in [0.3, 0.4) is 0 Å². The molecule has 3 atom stereocenters. The van der Waals surface area contributed by atoms with Gasteiger partial charge >= 0.3 is 0 Å². The number of likely N-dealkylation sites (tertiary alicyclic amines) is 2. The number of aromatic amines is 1. The molecule has 2 aliphatic heterocycles. The van der Waals surface area contributed by atoms with Gasteiger partial charge in [-0.1, -0.05) is 30.3 Å². The monoisotopic (exact) mass is 466 g/mol. The van der Waals surface area contributed by atoms with E-state index in [4.69, 9.17) is 5.73 Å². The molecule has 2 fully saturated rings. The highest BCUT2D eigenvalue weighted by Crippen LogP contribution is 2.33. The van der Waals surface area contributed by atoms with Crippen molar-refractivity contribution in [2.45, 2.75) is 39.2 Å². The molecule has 2 aromatic rings. The summed E-state index contributed by atoms with van der Waals surface area (Å²) in [6, 6.07) is 10.5. The highest BCUT2D eigenvalue weighted by Gasteiger charge is 2.42. The number of carbonyl (C=O) groups is 2. The molecule has 2 amide bonds. The van der Waals surface area contributed by atoms with Gasteiger partial charge in [-0.3, -0.25) is 14.4 Å². The predicted octanol–water partition coefficient (Wildman–Crippen LogP) is 1.34.